The average molecular weight is 552 g/mol. The molecule has 4 aromatic rings. The Morgan fingerprint density at radius 3 is 2.59 bits per heavy atom. The Morgan fingerprint density at radius 1 is 1.22 bits per heavy atom. The molecule has 0 amide bonds. The van der Waals surface area contributed by atoms with Gasteiger partial charge in [0.05, 0.1) is 15.9 Å². The van der Waals surface area contributed by atoms with Crippen LogP contribution in [0.25, 0.3) is 21.5 Å². The first kappa shape index (κ1) is 25.1. The van der Waals surface area contributed by atoms with Crippen molar-refractivity contribution in [3.05, 3.63) is 72.8 Å². The number of aromatic nitrogens is 3. The van der Waals surface area contributed by atoms with Gasteiger partial charge in [-0.25, -0.2) is 0 Å². The Bertz CT molecular complexity index is 1580. The fourth-order valence-electron chi connectivity index (χ4n) is 4.39. The van der Waals surface area contributed by atoms with Gasteiger partial charge in [-0.1, -0.05) is 40.2 Å². The van der Waals surface area contributed by atoms with Gasteiger partial charge in [0.2, 0.25) is 11.7 Å². The molecule has 1 aliphatic rings. The predicted octanol–water partition coefficient (Wildman–Crippen LogP) is 5.98. The molecular formula is C23H17ClF3N5O4S. The number of fused-ring (bicyclic) bond motifs is 1. The van der Waals surface area contributed by atoms with Gasteiger partial charge in [-0.05, 0) is 37.5 Å². The van der Waals surface area contributed by atoms with Crippen molar-refractivity contribution in [1.82, 2.24) is 15.1 Å². The van der Waals surface area contributed by atoms with Crippen molar-refractivity contribution in [3.63, 3.8) is 0 Å². The fraction of sp³-hybridized carbons (Fsp3) is 0.304. The molecule has 14 heteroatoms. The SMILES string of the molecule is Cc1c(C(F)(F)F)cc([N+](=O)[O-])c2sc(N3CCC(c4nc(-c5cccc(Cl)c5)no4)CC3)nc(=O)c12. The Balaban J connectivity index is 1.41. The summed E-state index contributed by atoms with van der Waals surface area (Å²) in [4.78, 5) is 33.8. The molecule has 0 N–H and O–H groups in total. The van der Waals surface area contributed by atoms with Crippen LogP contribution < -0.4 is 10.5 Å². The normalized spacial score (nSPS) is 14.9. The smallest absolute Gasteiger partial charge is 0.348 e. The van der Waals surface area contributed by atoms with Crippen molar-refractivity contribution in [2.45, 2.75) is 31.9 Å². The largest absolute Gasteiger partial charge is 0.416 e. The monoisotopic (exact) mass is 551 g/mol. The molecule has 1 saturated heterocycles. The van der Waals surface area contributed by atoms with Crippen molar-refractivity contribution in [1.29, 1.82) is 0 Å². The third-order valence-corrected chi connectivity index (χ3v) is 7.65. The topological polar surface area (TPSA) is 115 Å². The van der Waals surface area contributed by atoms with Gasteiger partial charge in [-0.2, -0.15) is 23.1 Å². The van der Waals surface area contributed by atoms with E-state index in [0.29, 0.717) is 48.7 Å². The van der Waals surface area contributed by atoms with Crippen LogP contribution in [-0.4, -0.2) is 33.1 Å². The number of nitrogens with zero attached hydrogens (tertiary/aromatic N) is 5. The molecule has 0 unspecified atom stereocenters. The van der Waals surface area contributed by atoms with Gasteiger partial charge in [-0.3, -0.25) is 14.9 Å². The van der Waals surface area contributed by atoms with E-state index < -0.39 is 27.9 Å². The van der Waals surface area contributed by atoms with Gasteiger partial charge in [-0.15, -0.1) is 0 Å². The van der Waals surface area contributed by atoms with Gasteiger partial charge in [0.25, 0.3) is 11.2 Å². The lowest BCUT2D eigenvalue weighted by molar-refractivity contribution is -0.383. The van der Waals surface area contributed by atoms with Gasteiger partial charge < -0.3 is 9.42 Å². The lowest BCUT2D eigenvalue weighted by Gasteiger charge is -2.30. The highest BCUT2D eigenvalue weighted by atomic mass is 35.5. The summed E-state index contributed by atoms with van der Waals surface area (Å²) in [6.07, 6.45) is -3.69. The lowest BCUT2D eigenvalue weighted by atomic mass is 9.97. The van der Waals surface area contributed by atoms with E-state index in [4.69, 9.17) is 16.1 Å². The first-order valence-corrected chi connectivity index (χ1v) is 12.3. The summed E-state index contributed by atoms with van der Waals surface area (Å²) < 4.78 is 45.7. The molecule has 2 aromatic heterocycles. The molecule has 0 radical (unpaired) electrons. The maximum Gasteiger partial charge on any atom is 0.416 e. The zero-order chi connectivity index (χ0) is 26.5. The van der Waals surface area contributed by atoms with Crippen molar-refractivity contribution in [2.75, 3.05) is 18.0 Å². The number of hydrogen-bond acceptors (Lipinski definition) is 9. The zero-order valence-electron chi connectivity index (χ0n) is 19.1. The van der Waals surface area contributed by atoms with E-state index in [-0.39, 0.29) is 26.7 Å². The molecule has 3 heterocycles. The van der Waals surface area contributed by atoms with Crippen LogP contribution in [0.5, 0.6) is 0 Å². The number of non-ortho nitro benzene ring substituents is 1. The number of piperidine rings is 1. The fourth-order valence-corrected chi connectivity index (χ4v) is 5.78. The van der Waals surface area contributed by atoms with E-state index in [1.807, 2.05) is 6.07 Å². The van der Waals surface area contributed by atoms with E-state index in [1.54, 1.807) is 23.1 Å². The van der Waals surface area contributed by atoms with E-state index in [2.05, 4.69) is 15.1 Å². The van der Waals surface area contributed by atoms with Crippen LogP contribution in [0.2, 0.25) is 5.02 Å². The molecule has 1 aliphatic heterocycles. The van der Waals surface area contributed by atoms with Gasteiger partial charge in [0, 0.05) is 35.7 Å². The van der Waals surface area contributed by atoms with Crippen molar-refractivity contribution in [2.24, 2.45) is 0 Å². The first-order valence-electron chi connectivity index (χ1n) is 11.1. The number of hydrogen-bond donors (Lipinski definition) is 0. The summed E-state index contributed by atoms with van der Waals surface area (Å²) in [5.41, 5.74) is -2.58. The van der Waals surface area contributed by atoms with Crippen LogP contribution >= 0.6 is 22.9 Å². The highest BCUT2D eigenvalue weighted by molar-refractivity contribution is 7.22. The summed E-state index contributed by atoms with van der Waals surface area (Å²) in [6, 6.07) is 7.54. The summed E-state index contributed by atoms with van der Waals surface area (Å²) in [7, 11) is 0. The molecule has 2 aromatic carbocycles. The summed E-state index contributed by atoms with van der Waals surface area (Å²) >= 11 is 6.87. The standard InChI is InChI=1S/C23H17ClF3N5O4S/c1-11-15(23(25,26)27)10-16(32(34)35)18-17(11)20(33)29-22(37-18)31-7-5-12(6-8-31)21-28-19(30-36-21)13-3-2-4-14(24)9-13/h2-4,9-10,12H,5-8H2,1H3. The molecule has 5 rings (SSSR count). The number of alkyl halides is 3. The average Bonchev–Trinajstić information content (AvgIpc) is 3.33. The lowest BCUT2D eigenvalue weighted by Crippen LogP contribution is -2.34. The summed E-state index contributed by atoms with van der Waals surface area (Å²) in [5.74, 6) is 0.815. The van der Waals surface area contributed by atoms with E-state index in [9.17, 15) is 28.1 Å². The summed E-state index contributed by atoms with van der Waals surface area (Å²) in [6.45, 7) is 1.99. The van der Waals surface area contributed by atoms with Crippen molar-refractivity contribution < 1.29 is 22.6 Å². The first-order chi connectivity index (χ1) is 17.5. The minimum Gasteiger partial charge on any atom is -0.348 e. The second-order valence-electron chi connectivity index (χ2n) is 8.56. The van der Waals surface area contributed by atoms with Crippen molar-refractivity contribution in [3.8, 4) is 11.4 Å². The van der Waals surface area contributed by atoms with Crippen LogP contribution in [0.1, 0.15) is 35.8 Å². The molecule has 192 valence electrons. The minimum atomic E-state index is -4.85. The molecule has 0 atom stereocenters. The number of nitro groups is 1. The van der Waals surface area contributed by atoms with Gasteiger partial charge >= 0.3 is 6.18 Å². The van der Waals surface area contributed by atoms with E-state index in [1.165, 1.54) is 0 Å². The Morgan fingerprint density at radius 2 is 1.95 bits per heavy atom. The number of benzene rings is 2. The highest BCUT2D eigenvalue weighted by Crippen LogP contribution is 2.41. The molecule has 0 saturated carbocycles. The molecular weight excluding hydrogens is 535 g/mol. The predicted molar refractivity (Wildman–Crippen MR) is 131 cm³/mol. The van der Waals surface area contributed by atoms with Crippen LogP contribution in [-0.2, 0) is 6.18 Å². The van der Waals surface area contributed by atoms with Crippen molar-refractivity contribution >= 4 is 43.8 Å². The second kappa shape index (κ2) is 9.38. The second-order valence-corrected chi connectivity index (χ2v) is 9.97. The van der Waals surface area contributed by atoms with Gasteiger partial charge in [0.1, 0.15) is 4.70 Å². The third-order valence-electron chi connectivity index (χ3n) is 6.27. The molecule has 0 aliphatic carbocycles. The Labute approximate surface area is 215 Å². The summed E-state index contributed by atoms with van der Waals surface area (Å²) in [5, 5.41) is 16.0. The quantitative estimate of drug-likeness (QED) is 0.225. The number of anilines is 1. The zero-order valence-corrected chi connectivity index (χ0v) is 20.7. The molecule has 0 bridgehead atoms. The minimum absolute atomic E-state index is 0.0558. The van der Waals surface area contributed by atoms with E-state index in [0.717, 1.165) is 23.8 Å². The molecule has 0 spiro atoms. The number of nitro benzene ring substituents is 1. The van der Waals surface area contributed by atoms with E-state index >= 15 is 0 Å². The Hall–Kier alpha value is -3.58. The van der Waals surface area contributed by atoms with Crippen LogP contribution in [0, 0.1) is 17.0 Å². The molecule has 37 heavy (non-hydrogen) atoms. The number of rotatable bonds is 4. The maximum absolute atomic E-state index is 13.4. The molecule has 1 fully saturated rings. The third kappa shape index (κ3) is 4.76. The maximum atomic E-state index is 13.4. The van der Waals surface area contributed by atoms with Crippen LogP contribution in [0.4, 0.5) is 24.0 Å². The molecule has 9 nitrogen and oxygen atoms in total. The van der Waals surface area contributed by atoms with Crippen LogP contribution in [0.3, 0.4) is 0 Å². The number of aryl methyl sites for hydroxylation is 1. The number of halogens is 4. The Kier molecular flexibility index (Phi) is 6.36. The van der Waals surface area contributed by atoms with Crippen LogP contribution in [0.15, 0.2) is 39.6 Å². The highest BCUT2D eigenvalue weighted by Gasteiger charge is 2.37. The van der Waals surface area contributed by atoms with Gasteiger partial charge in [0.15, 0.2) is 5.13 Å².